The number of nitro benzene ring substituents is 1. The number of rotatable bonds is 2. The van der Waals surface area contributed by atoms with Crippen molar-refractivity contribution in [2.75, 3.05) is 19.7 Å². The van der Waals surface area contributed by atoms with Crippen molar-refractivity contribution in [3.63, 3.8) is 0 Å². The van der Waals surface area contributed by atoms with Crippen molar-refractivity contribution >= 4 is 17.7 Å². The number of morpholine rings is 1. The Hall–Kier alpha value is -2.68. The molecule has 9 heteroatoms. The van der Waals surface area contributed by atoms with E-state index in [-0.39, 0.29) is 36.1 Å². The molecular weight excluding hydrogens is 306 g/mol. The molecule has 2 saturated heterocycles. The van der Waals surface area contributed by atoms with E-state index in [1.807, 2.05) is 0 Å². The maximum absolute atomic E-state index is 12.2. The molecule has 9 nitrogen and oxygen atoms in total. The monoisotopic (exact) mass is 321 g/mol. The summed E-state index contributed by atoms with van der Waals surface area (Å²) in [7, 11) is 0. The molecule has 2 fully saturated rings. The summed E-state index contributed by atoms with van der Waals surface area (Å²) in [5, 5.41) is 13.4. The van der Waals surface area contributed by atoms with Gasteiger partial charge < -0.3 is 19.7 Å². The van der Waals surface area contributed by atoms with E-state index in [9.17, 15) is 19.7 Å². The summed E-state index contributed by atoms with van der Waals surface area (Å²) in [4.78, 5) is 35.0. The minimum absolute atomic E-state index is 0.0500. The quantitative estimate of drug-likeness (QED) is 0.633. The highest BCUT2D eigenvalue weighted by Crippen LogP contribution is 2.21. The van der Waals surface area contributed by atoms with Gasteiger partial charge in [-0.05, 0) is 18.6 Å². The summed E-state index contributed by atoms with van der Waals surface area (Å²) >= 11 is 0. The molecule has 0 radical (unpaired) electrons. The van der Waals surface area contributed by atoms with Gasteiger partial charge >= 0.3 is 6.09 Å². The lowest BCUT2D eigenvalue weighted by atomic mass is 10.0. The maximum Gasteiger partial charge on any atom is 0.415 e. The third-order valence-electron chi connectivity index (χ3n) is 3.84. The zero-order chi connectivity index (χ0) is 16.4. The number of nitro groups is 1. The lowest BCUT2D eigenvalue weighted by Crippen LogP contribution is -2.61. The van der Waals surface area contributed by atoms with E-state index in [0.29, 0.717) is 19.5 Å². The lowest BCUT2D eigenvalue weighted by Gasteiger charge is -2.40. The Labute approximate surface area is 131 Å². The molecule has 2 heterocycles. The van der Waals surface area contributed by atoms with Crippen molar-refractivity contribution in [2.24, 2.45) is 0 Å². The van der Waals surface area contributed by atoms with Crippen LogP contribution in [0.2, 0.25) is 0 Å². The van der Waals surface area contributed by atoms with E-state index in [0.717, 1.165) is 0 Å². The third kappa shape index (κ3) is 3.39. The predicted molar refractivity (Wildman–Crippen MR) is 77.0 cm³/mol. The molecule has 122 valence electrons. The highest BCUT2D eigenvalue weighted by molar-refractivity contribution is 5.78. The molecule has 3 rings (SSSR count). The van der Waals surface area contributed by atoms with Gasteiger partial charge in [-0.15, -0.1) is 0 Å². The number of carbonyl (C=O) groups is 2. The first-order valence-corrected chi connectivity index (χ1v) is 7.15. The van der Waals surface area contributed by atoms with E-state index in [4.69, 9.17) is 9.47 Å². The summed E-state index contributed by atoms with van der Waals surface area (Å²) in [5.41, 5.74) is -0.0762. The highest BCUT2D eigenvalue weighted by Gasteiger charge is 2.36. The van der Waals surface area contributed by atoms with Crippen molar-refractivity contribution in [2.45, 2.75) is 18.6 Å². The second-order valence-corrected chi connectivity index (χ2v) is 5.38. The second kappa shape index (κ2) is 6.21. The van der Waals surface area contributed by atoms with E-state index < -0.39 is 11.0 Å². The first-order valence-electron chi connectivity index (χ1n) is 7.15. The van der Waals surface area contributed by atoms with Gasteiger partial charge in [0.15, 0.2) is 0 Å². The van der Waals surface area contributed by atoms with Crippen molar-refractivity contribution in [3.8, 4) is 5.75 Å². The largest absolute Gasteiger partial charge is 0.415 e. The number of fused-ring (bicyclic) bond motifs is 1. The fourth-order valence-corrected chi connectivity index (χ4v) is 2.67. The molecule has 0 unspecified atom stereocenters. The molecule has 0 bridgehead atoms. The van der Waals surface area contributed by atoms with Gasteiger partial charge in [-0.25, -0.2) is 4.79 Å². The second-order valence-electron chi connectivity index (χ2n) is 5.38. The summed E-state index contributed by atoms with van der Waals surface area (Å²) in [6.45, 7) is 0.819. The number of benzene rings is 1. The van der Waals surface area contributed by atoms with Gasteiger partial charge in [0, 0.05) is 25.2 Å². The molecule has 1 aromatic carbocycles. The number of ether oxygens (including phenoxy) is 2. The SMILES string of the molecule is O=C1CO[C@@H]2CCN(C(=O)Oc3ccc([N+](=O)[O-])cc3)C[C@@H]2N1. The van der Waals surface area contributed by atoms with Crippen LogP contribution in [0.4, 0.5) is 10.5 Å². The number of hydrogen-bond acceptors (Lipinski definition) is 6. The number of piperidine rings is 1. The Morgan fingerprint density at radius 1 is 1.39 bits per heavy atom. The van der Waals surface area contributed by atoms with Crippen LogP contribution in [-0.4, -0.2) is 53.7 Å². The van der Waals surface area contributed by atoms with Crippen LogP contribution in [0, 0.1) is 10.1 Å². The molecule has 2 amide bonds. The summed E-state index contributed by atoms with van der Waals surface area (Å²) in [6, 6.07) is 5.03. The fraction of sp³-hybridized carbons (Fsp3) is 0.429. The number of non-ortho nitro benzene ring substituents is 1. The number of carbonyl (C=O) groups excluding carboxylic acids is 2. The van der Waals surface area contributed by atoms with Crippen LogP contribution in [-0.2, 0) is 9.53 Å². The first-order chi connectivity index (χ1) is 11.0. The van der Waals surface area contributed by atoms with Crippen molar-refractivity contribution < 1.29 is 24.0 Å². The predicted octanol–water partition coefficient (Wildman–Crippen LogP) is 0.683. The van der Waals surface area contributed by atoms with Crippen LogP contribution < -0.4 is 10.1 Å². The van der Waals surface area contributed by atoms with Crippen LogP contribution in [0.1, 0.15) is 6.42 Å². The Morgan fingerprint density at radius 2 is 2.13 bits per heavy atom. The minimum Gasteiger partial charge on any atom is -0.410 e. The zero-order valence-corrected chi connectivity index (χ0v) is 12.1. The molecule has 0 spiro atoms. The molecule has 1 aromatic rings. The molecule has 23 heavy (non-hydrogen) atoms. The molecule has 0 aliphatic carbocycles. The molecule has 1 N–H and O–H groups in total. The van der Waals surface area contributed by atoms with Crippen molar-refractivity contribution in [1.29, 1.82) is 0 Å². The number of amides is 2. The summed E-state index contributed by atoms with van der Waals surface area (Å²) in [6.07, 6.45) is -0.0337. The minimum atomic E-state index is -0.558. The Kier molecular flexibility index (Phi) is 4.11. The Morgan fingerprint density at radius 3 is 2.83 bits per heavy atom. The maximum atomic E-state index is 12.2. The number of nitrogens with zero attached hydrogens (tertiary/aromatic N) is 2. The number of likely N-dealkylation sites (tertiary alicyclic amines) is 1. The first kappa shape index (κ1) is 15.2. The number of hydrogen-bond donors (Lipinski definition) is 1. The van der Waals surface area contributed by atoms with Gasteiger partial charge in [-0.2, -0.15) is 0 Å². The Bertz CT molecular complexity index is 632. The molecule has 2 aliphatic rings. The molecule has 2 atom stereocenters. The van der Waals surface area contributed by atoms with Gasteiger partial charge in [0.1, 0.15) is 12.4 Å². The summed E-state index contributed by atoms with van der Waals surface area (Å²) < 4.78 is 10.6. The average Bonchev–Trinajstić information content (AvgIpc) is 2.54. The molecule has 2 aliphatic heterocycles. The van der Waals surface area contributed by atoms with E-state index >= 15 is 0 Å². The van der Waals surface area contributed by atoms with Crippen LogP contribution >= 0.6 is 0 Å². The van der Waals surface area contributed by atoms with E-state index in [2.05, 4.69) is 5.32 Å². The fourth-order valence-electron chi connectivity index (χ4n) is 2.67. The van der Waals surface area contributed by atoms with Gasteiger partial charge in [-0.3, -0.25) is 14.9 Å². The molecular formula is C14H15N3O6. The topological polar surface area (TPSA) is 111 Å². The van der Waals surface area contributed by atoms with E-state index in [1.54, 1.807) is 0 Å². The average molecular weight is 321 g/mol. The molecule has 0 saturated carbocycles. The van der Waals surface area contributed by atoms with E-state index in [1.165, 1.54) is 29.2 Å². The number of nitrogens with one attached hydrogen (secondary N) is 1. The highest BCUT2D eigenvalue weighted by atomic mass is 16.6. The zero-order valence-electron chi connectivity index (χ0n) is 12.1. The standard InChI is InChI=1S/C14H15N3O6/c18-13-8-22-12-5-6-16(7-11(12)15-13)14(19)23-10-3-1-9(2-4-10)17(20)21/h1-4,11-12H,5-8H2,(H,15,18)/t11-,12+/m0/s1. The molecule has 0 aromatic heterocycles. The van der Waals surface area contributed by atoms with Crippen molar-refractivity contribution in [3.05, 3.63) is 34.4 Å². The van der Waals surface area contributed by atoms with Crippen LogP contribution in [0.5, 0.6) is 5.75 Å². The van der Waals surface area contributed by atoms with Gasteiger partial charge in [-0.1, -0.05) is 0 Å². The van der Waals surface area contributed by atoms with Gasteiger partial charge in [0.2, 0.25) is 5.91 Å². The van der Waals surface area contributed by atoms with Gasteiger partial charge in [0.25, 0.3) is 5.69 Å². The lowest BCUT2D eigenvalue weighted by molar-refractivity contribution is -0.384. The van der Waals surface area contributed by atoms with Crippen LogP contribution in [0.15, 0.2) is 24.3 Å². The van der Waals surface area contributed by atoms with Crippen LogP contribution in [0.25, 0.3) is 0 Å². The smallest absolute Gasteiger partial charge is 0.410 e. The van der Waals surface area contributed by atoms with Crippen LogP contribution in [0.3, 0.4) is 0 Å². The Balaban J connectivity index is 1.60. The van der Waals surface area contributed by atoms with Gasteiger partial charge in [0.05, 0.1) is 17.1 Å². The van der Waals surface area contributed by atoms with Crippen molar-refractivity contribution in [1.82, 2.24) is 10.2 Å². The normalized spacial score (nSPS) is 23.7. The third-order valence-corrected chi connectivity index (χ3v) is 3.84. The summed E-state index contributed by atoms with van der Waals surface area (Å²) in [5.74, 6) is 0.0310.